The molecule has 24 heavy (non-hydrogen) atoms. The number of hydrogen-bond donors (Lipinski definition) is 0. The highest BCUT2D eigenvalue weighted by atomic mass is 19.1. The molecule has 0 aliphatic heterocycles. The molecule has 0 saturated heterocycles. The average molecular weight is 326 g/mol. The van der Waals surface area contributed by atoms with Crippen molar-refractivity contribution in [3.63, 3.8) is 0 Å². The van der Waals surface area contributed by atoms with Crippen LogP contribution in [0.1, 0.15) is 34.6 Å². The quantitative estimate of drug-likeness (QED) is 0.648. The Morgan fingerprint density at radius 3 is 2.17 bits per heavy atom. The van der Waals surface area contributed by atoms with E-state index >= 15 is 0 Å². The van der Waals surface area contributed by atoms with Gasteiger partial charge in [0.2, 0.25) is 5.89 Å². The van der Waals surface area contributed by atoms with Crippen molar-refractivity contribution >= 4 is 5.78 Å². The van der Waals surface area contributed by atoms with E-state index in [0.717, 1.165) is 0 Å². The number of ether oxygens (including phenoxy) is 1. The number of halogens is 1. The Kier molecular flexibility index (Phi) is 4.65. The van der Waals surface area contributed by atoms with E-state index in [2.05, 4.69) is 10.2 Å². The smallest absolute Gasteiger partial charge is 0.253 e. The van der Waals surface area contributed by atoms with Gasteiger partial charge in [-0.1, -0.05) is 6.92 Å². The predicted octanol–water partition coefficient (Wildman–Crippen LogP) is 3.58. The number of rotatable bonds is 6. The van der Waals surface area contributed by atoms with Crippen LogP contribution >= 0.6 is 0 Å². The van der Waals surface area contributed by atoms with E-state index in [0.29, 0.717) is 35.1 Å². The van der Waals surface area contributed by atoms with Gasteiger partial charge in [0.15, 0.2) is 12.4 Å². The number of ketones is 1. The molecule has 5 nitrogen and oxygen atoms in total. The first-order valence-corrected chi connectivity index (χ1v) is 7.50. The molecular weight excluding hydrogens is 311 g/mol. The minimum Gasteiger partial charge on any atom is -0.484 e. The molecule has 0 bridgehead atoms. The minimum atomic E-state index is -0.373. The lowest BCUT2D eigenvalue weighted by molar-refractivity contribution is 0.103. The van der Waals surface area contributed by atoms with Crippen LogP contribution in [-0.2, 0) is 13.0 Å². The molecular formula is C18H15FN2O3. The van der Waals surface area contributed by atoms with Gasteiger partial charge in [0.1, 0.15) is 11.6 Å². The van der Waals surface area contributed by atoms with E-state index in [1.807, 2.05) is 6.92 Å². The van der Waals surface area contributed by atoms with Crippen LogP contribution in [0.25, 0.3) is 0 Å². The van der Waals surface area contributed by atoms with Crippen LogP contribution in [0.5, 0.6) is 5.75 Å². The van der Waals surface area contributed by atoms with Crippen LogP contribution in [0, 0.1) is 5.82 Å². The summed E-state index contributed by atoms with van der Waals surface area (Å²) in [5.74, 6) is 1.00. The first-order chi connectivity index (χ1) is 11.7. The summed E-state index contributed by atoms with van der Waals surface area (Å²) >= 11 is 0. The lowest BCUT2D eigenvalue weighted by Gasteiger charge is -2.05. The summed E-state index contributed by atoms with van der Waals surface area (Å²) < 4.78 is 23.8. The number of hydrogen-bond acceptors (Lipinski definition) is 5. The normalized spacial score (nSPS) is 10.6. The summed E-state index contributed by atoms with van der Waals surface area (Å²) in [6, 6.07) is 12.1. The van der Waals surface area contributed by atoms with Gasteiger partial charge in [-0.2, -0.15) is 0 Å². The van der Waals surface area contributed by atoms with E-state index in [1.54, 1.807) is 24.3 Å². The number of carbonyl (C=O) groups is 1. The highest BCUT2D eigenvalue weighted by molar-refractivity contribution is 6.08. The highest BCUT2D eigenvalue weighted by Gasteiger charge is 2.10. The van der Waals surface area contributed by atoms with Gasteiger partial charge in [0.05, 0.1) is 0 Å². The minimum absolute atomic E-state index is 0.165. The molecule has 6 heteroatoms. The Hall–Kier alpha value is -3.02. The fraction of sp³-hybridized carbons (Fsp3) is 0.167. The zero-order chi connectivity index (χ0) is 16.9. The lowest BCUT2D eigenvalue weighted by atomic mass is 10.0. The number of aryl methyl sites for hydroxylation is 1. The molecule has 1 heterocycles. The monoisotopic (exact) mass is 326 g/mol. The highest BCUT2D eigenvalue weighted by Crippen LogP contribution is 2.17. The third-order valence-electron chi connectivity index (χ3n) is 3.40. The van der Waals surface area contributed by atoms with E-state index in [-0.39, 0.29) is 18.2 Å². The number of carbonyl (C=O) groups excluding carboxylic acids is 1. The topological polar surface area (TPSA) is 65.2 Å². The van der Waals surface area contributed by atoms with Crippen LogP contribution in [0.15, 0.2) is 52.9 Å². The molecule has 0 aliphatic carbocycles. The molecule has 0 radical (unpaired) electrons. The van der Waals surface area contributed by atoms with Crippen molar-refractivity contribution in [2.24, 2.45) is 0 Å². The summed E-state index contributed by atoms with van der Waals surface area (Å²) in [5.41, 5.74) is 0.933. The molecule has 0 aliphatic rings. The molecule has 0 spiro atoms. The molecule has 2 aromatic carbocycles. The molecule has 122 valence electrons. The van der Waals surface area contributed by atoms with Gasteiger partial charge in [-0.25, -0.2) is 4.39 Å². The van der Waals surface area contributed by atoms with E-state index < -0.39 is 0 Å². The van der Waals surface area contributed by atoms with Crippen molar-refractivity contribution in [3.8, 4) is 5.75 Å². The first kappa shape index (κ1) is 15.9. The fourth-order valence-electron chi connectivity index (χ4n) is 2.11. The first-order valence-electron chi connectivity index (χ1n) is 7.50. The van der Waals surface area contributed by atoms with Gasteiger partial charge < -0.3 is 9.15 Å². The van der Waals surface area contributed by atoms with Crippen LogP contribution in [0.4, 0.5) is 4.39 Å². The molecule has 1 aromatic heterocycles. The summed E-state index contributed by atoms with van der Waals surface area (Å²) in [4.78, 5) is 12.3. The second-order valence-electron chi connectivity index (χ2n) is 5.09. The maximum Gasteiger partial charge on any atom is 0.253 e. The predicted molar refractivity (Wildman–Crippen MR) is 84.3 cm³/mol. The zero-order valence-electron chi connectivity index (χ0n) is 13.0. The van der Waals surface area contributed by atoms with Crippen molar-refractivity contribution in [3.05, 3.63) is 77.3 Å². The molecule has 0 unspecified atom stereocenters. The zero-order valence-corrected chi connectivity index (χ0v) is 13.0. The second-order valence-corrected chi connectivity index (χ2v) is 5.09. The van der Waals surface area contributed by atoms with Gasteiger partial charge in [-0.05, 0) is 48.5 Å². The Labute approximate surface area is 138 Å². The van der Waals surface area contributed by atoms with E-state index in [9.17, 15) is 9.18 Å². The van der Waals surface area contributed by atoms with Crippen molar-refractivity contribution < 1.29 is 18.3 Å². The molecule has 3 aromatic rings. The largest absolute Gasteiger partial charge is 0.484 e. The third kappa shape index (κ3) is 3.65. The maximum absolute atomic E-state index is 12.9. The number of nitrogens with zero attached hydrogens (tertiary/aromatic N) is 2. The van der Waals surface area contributed by atoms with Gasteiger partial charge in [-0.15, -0.1) is 10.2 Å². The van der Waals surface area contributed by atoms with Gasteiger partial charge in [0.25, 0.3) is 5.89 Å². The Balaban J connectivity index is 1.64. The maximum atomic E-state index is 12.9. The Morgan fingerprint density at radius 2 is 1.58 bits per heavy atom. The summed E-state index contributed by atoms with van der Waals surface area (Å²) in [5, 5.41) is 7.72. The van der Waals surface area contributed by atoms with Gasteiger partial charge >= 0.3 is 0 Å². The Morgan fingerprint density at radius 1 is 1.00 bits per heavy atom. The molecule has 0 atom stereocenters. The van der Waals surface area contributed by atoms with Crippen molar-refractivity contribution in [1.82, 2.24) is 10.2 Å². The lowest BCUT2D eigenvalue weighted by Crippen LogP contribution is -2.01. The number of benzene rings is 2. The SMILES string of the molecule is CCc1nnc(COc2ccc(C(=O)c3ccc(F)cc3)cc2)o1. The summed E-state index contributed by atoms with van der Waals surface area (Å²) in [6.07, 6.45) is 0.674. The molecule has 0 N–H and O–H groups in total. The standard InChI is InChI=1S/C18H15FN2O3/c1-2-16-20-21-17(24-16)11-23-15-9-5-13(6-10-15)18(22)12-3-7-14(19)8-4-12/h3-10H,2,11H2,1H3. The van der Waals surface area contributed by atoms with Crippen molar-refractivity contribution in [2.75, 3.05) is 0 Å². The molecule has 0 saturated carbocycles. The van der Waals surface area contributed by atoms with E-state index in [4.69, 9.17) is 9.15 Å². The molecule has 0 fully saturated rings. The third-order valence-corrected chi connectivity index (χ3v) is 3.40. The van der Waals surface area contributed by atoms with Gasteiger partial charge in [0, 0.05) is 17.5 Å². The van der Waals surface area contributed by atoms with Crippen LogP contribution < -0.4 is 4.74 Å². The van der Waals surface area contributed by atoms with Crippen LogP contribution in [-0.4, -0.2) is 16.0 Å². The number of aromatic nitrogens is 2. The molecule has 3 rings (SSSR count). The fourth-order valence-corrected chi connectivity index (χ4v) is 2.11. The average Bonchev–Trinajstić information content (AvgIpc) is 3.09. The Bertz CT molecular complexity index is 826. The van der Waals surface area contributed by atoms with Crippen LogP contribution in [0.2, 0.25) is 0 Å². The van der Waals surface area contributed by atoms with E-state index in [1.165, 1.54) is 24.3 Å². The summed E-state index contributed by atoms with van der Waals surface area (Å²) in [7, 11) is 0. The van der Waals surface area contributed by atoms with Crippen LogP contribution in [0.3, 0.4) is 0 Å². The van der Waals surface area contributed by atoms with Gasteiger partial charge in [-0.3, -0.25) is 4.79 Å². The van der Waals surface area contributed by atoms with Crippen molar-refractivity contribution in [2.45, 2.75) is 20.0 Å². The molecule has 0 amide bonds. The van der Waals surface area contributed by atoms with Crippen molar-refractivity contribution in [1.29, 1.82) is 0 Å². The summed E-state index contributed by atoms with van der Waals surface area (Å²) in [6.45, 7) is 2.09. The second kappa shape index (κ2) is 7.04.